The van der Waals surface area contributed by atoms with Crippen molar-refractivity contribution in [3.05, 3.63) is 24.3 Å². The summed E-state index contributed by atoms with van der Waals surface area (Å²) in [6.07, 6.45) is 91.3. The lowest BCUT2D eigenvalue weighted by atomic mass is 10.0. The van der Waals surface area contributed by atoms with E-state index >= 15 is 0 Å². The van der Waals surface area contributed by atoms with Crippen LogP contribution in [0, 0.1) is 0 Å². The molecule has 0 fully saturated rings. The minimum Gasteiger partial charge on any atom is -0.466 e. The van der Waals surface area contributed by atoms with Crippen molar-refractivity contribution in [1.82, 2.24) is 5.32 Å². The maximum Gasteiger partial charge on any atom is 0.305 e. The zero-order valence-electron chi connectivity index (χ0n) is 55.8. The number of hydrogen-bond acceptors (Lipinski definition) is 5. The monoisotopic (exact) mass is 1150 g/mol. The van der Waals surface area contributed by atoms with Crippen LogP contribution in [0.2, 0.25) is 0 Å². The molecule has 0 aromatic heterocycles. The minimum atomic E-state index is -0.845. The maximum absolute atomic E-state index is 12.5. The number of amides is 1. The molecule has 0 rings (SSSR count). The molecule has 0 bridgehead atoms. The SMILES string of the molecule is CCCCCCCCCCCCCCCCCCCCCC/C=C/C(O)C(CO)NC(=O)CCCCCCCCCCCCCC/C=C\CCCCCCCCCCCCCCOC(=O)CCCCCCCCCCCCCCCCC. The first-order valence-corrected chi connectivity index (χ1v) is 37.6. The Morgan fingerprint density at radius 3 is 0.866 bits per heavy atom. The molecule has 486 valence electrons. The van der Waals surface area contributed by atoms with Crippen molar-refractivity contribution in [2.24, 2.45) is 0 Å². The van der Waals surface area contributed by atoms with Gasteiger partial charge in [-0.25, -0.2) is 0 Å². The zero-order chi connectivity index (χ0) is 59.2. The van der Waals surface area contributed by atoms with Crippen LogP contribution < -0.4 is 5.32 Å². The molecule has 0 aromatic rings. The molecular formula is C76H147NO5. The van der Waals surface area contributed by atoms with Crippen molar-refractivity contribution in [2.45, 2.75) is 437 Å². The van der Waals surface area contributed by atoms with Gasteiger partial charge in [0.25, 0.3) is 0 Å². The Bertz CT molecular complexity index is 1280. The third kappa shape index (κ3) is 67.5. The molecule has 6 heteroatoms. The van der Waals surface area contributed by atoms with Gasteiger partial charge in [-0.1, -0.05) is 378 Å². The first kappa shape index (κ1) is 80.3. The van der Waals surface area contributed by atoms with E-state index in [2.05, 4.69) is 31.3 Å². The third-order valence-corrected chi connectivity index (χ3v) is 17.7. The van der Waals surface area contributed by atoms with Gasteiger partial charge in [0.2, 0.25) is 5.91 Å². The van der Waals surface area contributed by atoms with Crippen molar-refractivity contribution < 1.29 is 24.5 Å². The van der Waals surface area contributed by atoms with Crippen LogP contribution in [-0.4, -0.2) is 47.4 Å². The Labute approximate surface area is 513 Å². The fraction of sp³-hybridized carbons (Fsp3) is 0.921. The van der Waals surface area contributed by atoms with Gasteiger partial charge in [0.15, 0.2) is 0 Å². The standard InChI is InChI=1S/C76H147NO5/c1-3-5-7-9-11-13-15-17-19-20-21-22-31-34-37-41-44-48-52-56-60-64-68-74(79)73(72-78)77-75(80)69-65-61-57-53-49-45-42-38-35-32-29-27-25-23-24-26-28-30-33-36-39-43-47-51-55-59-63-67-71-82-76(81)70-66-62-58-54-50-46-40-18-16-14-12-10-8-6-4-2/h23-24,64,68,73-74,78-79H,3-22,25-63,65-67,69-72H2,1-2H3,(H,77,80)/b24-23-,68-64+. The summed E-state index contributed by atoms with van der Waals surface area (Å²) in [5, 5.41) is 23.3. The summed E-state index contributed by atoms with van der Waals surface area (Å²) in [5.41, 5.74) is 0. The average molecular weight is 1160 g/mol. The number of carbonyl (C=O) groups is 2. The maximum atomic E-state index is 12.5. The van der Waals surface area contributed by atoms with Crippen molar-refractivity contribution in [1.29, 1.82) is 0 Å². The lowest BCUT2D eigenvalue weighted by molar-refractivity contribution is -0.143. The molecular weight excluding hydrogens is 1010 g/mol. The highest BCUT2D eigenvalue weighted by atomic mass is 16.5. The number of aliphatic hydroxyl groups excluding tert-OH is 2. The molecule has 0 aromatic carbocycles. The smallest absolute Gasteiger partial charge is 0.305 e. The Balaban J connectivity index is 3.39. The summed E-state index contributed by atoms with van der Waals surface area (Å²) in [7, 11) is 0. The number of hydrogen-bond donors (Lipinski definition) is 3. The van der Waals surface area contributed by atoms with Gasteiger partial charge in [-0.3, -0.25) is 9.59 Å². The molecule has 0 aliphatic carbocycles. The van der Waals surface area contributed by atoms with Crippen molar-refractivity contribution in [3.8, 4) is 0 Å². The molecule has 3 N–H and O–H groups in total. The van der Waals surface area contributed by atoms with Gasteiger partial charge in [-0.05, 0) is 57.8 Å². The first-order valence-electron chi connectivity index (χ1n) is 37.6. The Morgan fingerprint density at radius 1 is 0.329 bits per heavy atom. The number of allylic oxidation sites excluding steroid dienone is 3. The number of aliphatic hydroxyl groups is 2. The van der Waals surface area contributed by atoms with E-state index in [1.54, 1.807) is 6.08 Å². The third-order valence-electron chi connectivity index (χ3n) is 17.7. The molecule has 2 atom stereocenters. The van der Waals surface area contributed by atoms with Gasteiger partial charge in [0.1, 0.15) is 0 Å². The Kier molecular flexibility index (Phi) is 70.4. The fourth-order valence-electron chi connectivity index (χ4n) is 12.0. The van der Waals surface area contributed by atoms with Crippen LogP contribution in [0.15, 0.2) is 24.3 Å². The molecule has 0 aliphatic rings. The molecule has 82 heavy (non-hydrogen) atoms. The van der Waals surface area contributed by atoms with E-state index in [1.165, 1.54) is 360 Å². The summed E-state index contributed by atoms with van der Waals surface area (Å²) in [6.45, 7) is 4.95. The second-order valence-electron chi connectivity index (χ2n) is 26.0. The number of ether oxygens (including phenoxy) is 1. The van der Waals surface area contributed by atoms with E-state index in [1.807, 2.05) is 6.08 Å². The van der Waals surface area contributed by atoms with Crippen LogP contribution in [0.3, 0.4) is 0 Å². The van der Waals surface area contributed by atoms with E-state index in [9.17, 15) is 19.8 Å². The highest BCUT2D eigenvalue weighted by Gasteiger charge is 2.18. The van der Waals surface area contributed by atoms with Gasteiger partial charge >= 0.3 is 5.97 Å². The molecule has 0 saturated carbocycles. The van der Waals surface area contributed by atoms with E-state index < -0.39 is 12.1 Å². The highest BCUT2D eigenvalue weighted by molar-refractivity contribution is 5.76. The van der Waals surface area contributed by atoms with E-state index in [-0.39, 0.29) is 18.5 Å². The Hall–Kier alpha value is -1.66. The zero-order valence-corrected chi connectivity index (χ0v) is 55.8. The predicted molar refractivity (Wildman–Crippen MR) is 361 cm³/mol. The van der Waals surface area contributed by atoms with Gasteiger partial charge in [-0.2, -0.15) is 0 Å². The van der Waals surface area contributed by atoms with Gasteiger partial charge in [0.05, 0.1) is 25.4 Å². The predicted octanol–water partition coefficient (Wildman–Crippen LogP) is 24.5. The summed E-state index contributed by atoms with van der Waals surface area (Å²) < 4.78 is 5.50. The van der Waals surface area contributed by atoms with Crippen LogP contribution in [0.4, 0.5) is 0 Å². The lowest BCUT2D eigenvalue weighted by Gasteiger charge is -2.20. The van der Waals surface area contributed by atoms with E-state index in [4.69, 9.17) is 4.74 Å². The summed E-state index contributed by atoms with van der Waals surface area (Å²) in [6, 6.07) is -0.629. The number of nitrogens with one attached hydrogen (secondary N) is 1. The van der Waals surface area contributed by atoms with Gasteiger partial charge in [0, 0.05) is 12.8 Å². The second-order valence-corrected chi connectivity index (χ2v) is 26.0. The molecule has 2 unspecified atom stereocenters. The average Bonchev–Trinajstić information content (AvgIpc) is 3.48. The fourth-order valence-corrected chi connectivity index (χ4v) is 12.0. The van der Waals surface area contributed by atoms with Crippen LogP contribution in [0.1, 0.15) is 425 Å². The first-order chi connectivity index (χ1) is 40.5. The second kappa shape index (κ2) is 71.8. The summed E-state index contributed by atoms with van der Waals surface area (Å²) in [5.74, 6) is -0.0440. The quantitative estimate of drug-likeness (QED) is 0.0320. The largest absolute Gasteiger partial charge is 0.466 e. The number of unbranched alkanes of at least 4 members (excludes halogenated alkanes) is 58. The van der Waals surface area contributed by atoms with Crippen LogP contribution in [0.5, 0.6) is 0 Å². The van der Waals surface area contributed by atoms with Crippen LogP contribution in [0.25, 0.3) is 0 Å². The van der Waals surface area contributed by atoms with Crippen LogP contribution >= 0.6 is 0 Å². The summed E-state index contributed by atoms with van der Waals surface area (Å²) >= 11 is 0. The lowest BCUT2D eigenvalue weighted by Crippen LogP contribution is -2.45. The van der Waals surface area contributed by atoms with Crippen molar-refractivity contribution in [2.75, 3.05) is 13.2 Å². The minimum absolute atomic E-state index is 0.0193. The molecule has 6 nitrogen and oxygen atoms in total. The molecule has 0 aliphatic heterocycles. The number of rotatable bonds is 71. The highest BCUT2D eigenvalue weighted by Crippen LogP contribution is 2.19. The van der Waals surface area contributed by atoms with Crippen molar-refractivity contribution in [3.63, 3.8) is 0 Å². The molecule has 0 heterocycles. The van der Waals surface area contributed by atoms with Crippen molar-refractivity contribution >= 4 is 11.9 Å². The molecule has 0 radical (unpaired) electrons. The number of carbonyl (C=O) groups excluding carboxylic acids is 2. The van der Waals surface area contributed by atoms with Gasteiger partial charge in [-0.15, -0.1) is 0 Å². The van der Waals surface area contributed by atoms with E-state index in [0.29, 0.717) is 19.4 Å². The molecule has 0 spiro atoms. The molecule has 0 saturated heterocycles. The summed E-state index contributed by atoms with van der Waals surface area (Å²) in [4.78, 5) is 24.6. The van der Waals surface area contributed by atoms with Gasteiger partial charge < -0.3 is 20.3 Å². The Morgan fingerprint density at radius 2 is 0.573 bits per heavy atom. The molecule has 1 amide bonds. The topological polar surface area (TPSA) is 95.9 Å². The normalized spacial score (nSPS) is 12.6. The van der Waals surface area contributed by atoms with E-state index in [0.717, 1.165) is 38.5 Å². The van der Waals surface area contributed by atoms with Crippen LogP contribution in [-0.2, 0) is 14.3 Å². The number of esters is 1.